The van der Waals surface area contributed by atoms with Crippen molar-refractivity contribution in [1.82, 2.24) is 4.90 Å². The summed E-state index contributed by atoms with van der Waals surface area (Å²) in [6.45, 7) is 4.40. The van der Waals surface area contributed by atoms with E-state index in [0.717, 1.165) is 15.7 Å². The van der Waals surface area contributed by atoms with E-state index in [2.05, 4.69) is 27.8 Å². The second kappa shape index (κ2) is 7.72. The molecule has 0 saturated heterocycles. The van der Waals surface area contributed by atoms with Gasteiger partial charge < -0.3 is 20.1 Å². The third-order valence-electron chi connectivity index (χ3n) is 3.97. The number of amides is 1. The standard InChI is InChI=1S/C19H19BrN2O3/c1-2-9-22-18(21-17-6-4-3-5-15(17)19(22)24)14-8-7-13(12-16(14)20)25-11-10-23/h2-8,12,18,21,23H,1,9-11H2/t18-/m0/s1. The fourth-order valence-corrected chi connectivity index (χ4v) is 3.42. The Morgan fingerprint density at radius 3 is 2.84 bits per heavy atom. The highest BCUT2D eigenvalue weighted by Gasteiger charge is 2.33. The maximum absolute atomic E-state index is 12.9. The van der Waals surface area contributed by atoms with Crippen LogP contribution in [0.1, 0.15) is 22.1 Å². The highest BCUT2D eigenvalue weighted by molar-refractivity contribution is 9.10. The van der Waals surface area contributed by atoms with E-state index >= 15 is 0 Å². The Bertz CT molecular complexity index is 794. The number of hydrogen-bond donors (Lipinski definition) is 2. The van der Waals surface area contributed by atoms with Gasteiger partial charge in [0.05, 0.1) is 12.2 Å². The number of benzene rings is 2. The van der Waals surface area contributed by atoms with E-state index in [-0.39, 0.29) is 25.3 Å². The first-order chi connectivity index (χ1) is 12.2. The van der Waals surface area contributed by atoms with Gasteiger partial charge in [-0.1, -0.05) is 40.2 Å². The van der Waals surface area contributed by atoms with Gasteiger partial charge in [-0.05, 0) is 24.3 Å². The van der Waals surface area contributed by atoms with Crippen molar-refractivity contribution in [2.45, 2.75) is 6.17 Å². The highest BCUT2D eigenvalue weighted by atomic mass is 79.9. The van der Waals surface area contributed by atoms with Crippen LogP contribution in [0.15, 0.2) is 59.6 Å². The molecule has 5 nitrogen and oxygen atoms in total. The summed E-state index contributed by atoms with van der Waals surface area (Å²) in [6, 6.07) is 13.0. The second-order valence-electron chi connectivity index (χ2n) is 5.59. The van der Waals surface area contributed by atoms with Crippen molar-refractivity contribution in [1.29, 1.82) is 0 Å². The van der Waals surface area contributed by atoms with Gasteiger partial charge in [-0.3, -0.25) is 4.79 Å². The first kappa shape index (κ1) is 17.5. The number of aliphatic hydroxyl groups is 1. The smallest absolute Gasteiger partial charge is 0.258 e. The van der Waals surface area contributed by atoms with Crippen molar-refractivity contribution in [3.05, 3.63) is 70.7 Å². The monoisotopic (exact) mass is 402 g/mol. The number of aliphatic hydroxyl groups excluding tert-OH is 1. The molecule has 2 aromatic rings. The molecule has 0 unspecified atom stereocenters. The molecule has 0 fully saturated rings. The first-order valence-electron chi connectivity index (χ1n) is 7.96. The zero-order chi connectivity index (χ0) is 17.8. The molecule has 1 aliphatic rings. The number of ether oxygens (including phenoxy) is 1. The van der Waals surface area contributed by atoms with Gasteiger partial charge in [0.2, 0.25) is 0 Å². The van der Waals surface area contributed by atoms with Crippen LogP contribution in [0, 0.1) is 0 Å². The third-order valence-corrected chi connectivity index (χ3v) is 4.66. The minimum atomic E-state index is -0.318. The minimum absolute atomic E-state index is 0.0354. The van der Waals surface area contributed by atoms with Crippen LogP contribution in [0.3, 0.4) is 0 Å². The Morgan fingerprint density at radius 1 is 1.32 bits per heavy atom. The van der Waals surface area contributed by atoms with Gasteiger partial charge >= 0.3 is 0 Å². The van der Waals surface area contributed by atoms with Crippen molar-refractivity contribution in [3.8, 4) is 5.75 Å². The molecule has 1 amide bonds. The van der Waals surface area contributed by atoms with Crippen LogP contribution in [0.2, 0.25) is 0 Å². The molecule has 0 aromatic heterocycles. The minimum Gasteiger partial charge on any atom is -0.491 e. The summed E-state index contributed by atoms with van der Waals surface area (Å²) in [6.07, 6.45) is 1.40. The number of fused-ring (bicyclic) bond motifs is 1. The normalized spacial score (nSPS) is 16.2. The number of nitrogens with zero attached hydrogens (tertiary/aromatic N) is 1. The van der Waals surface area contributed by atoms with Gasteiger partial charge in [-0.25, -0.2) is 0 Å². The molecule has 6 heteroatoms. The predicted octanol–water partition coefficient (Wildman–Crippen LogP) is 3.57. The van der Waals surface area contributed by atoms with E-state index in [9.17, 15) is 4.79 Å². The Labute approximate surface area is 155 Å². The molecule has 2 aromatic carbocycles. The van der Waals surface area contributed by atoms with E-state index in [0.29, 0.717) is 17.9 Å². The van der Waals surface area contributed by atoms with Gasteiger partial charge in [0, 0.05) is 22.3 Å². The number of rotatable bonds is 6. The van der Waals surface area contributed by atoms with Crippen molar-refractivity contribution < 1.29 is 14.6 Å². The highest BCUT2D eigenvalue weighted by Crippen LogP contribution is 2.37. The Morgan fingerprint density at radius 2 is 2.12 bits per heavy atom. The number of carbonyl (C=O) groups excluding carboxylic acids is 1. The van der Waals surface area contributed by atoms with Crippen molar-refractivity contribution in [2.75, 3.05) is 25.1 Å². The maximum atomic E-state index is 12.9. The number of carbonyl (C=O) groups is 1. The van der Waals surface area contributed by atoms with E-state index < -0.39 is 0 Å². The molecule has 1 heterocycles. The van der Waals surface area contributed by atoms with Crippen LogP contribution in [-0.2, 0) is 0 Å². The van der Waals surface area contributed by atoms with E-state index in [4.69, 9.17) is 9.84 Å². The van der Waals surface area contributed by atoms with Gasteiger partial charge in [0.15, 0.2) is 0 Å². The summed E-state index contributed by atoms with van der Waals surface area (Å²) in [5.74, 6) is 0.620. The van der Waals surface area contributed by atoms with Crippen molar-refractivity contribution in [3.63, 3.8) is 0 Å². The molecular formula is C19H19BrN2O3. The van der Waals surface area contributed by atoms with Crippen LogP contribution in [0.5, 0.6) is 5.75 Å². The van der Waals surface area contributed by atoms with Crippen LogP contribution in [0.25, 0.3) is 0 Å². The molecule has 3 rings (SSSR count). The summed E-state index contributed by atoms with van der Waals surface area (Å²) < 4.78 is 6.25. The zero-order valence-electron chi connectivity index (χ0n) is 13.6. The molecular weight excluding hydrogens is 384 g/mol. The fraction of sp³-hybridized carbons (Fsp3) is 0.211. The van der Waals surface area contributed by atoms with Gasteiger partial charge in [-0.15, -0.1) is 6.58 Å². The average molecular weight is 403 g/mol. The number of hydrogen-bond acceptors (Lipinski definition) is 4. The average Bonchev–Trinajstić information content (AvgIpc) is 2.62. The van der Waals surface area contributed by atoms with Gasteiger partial charge in [0.1, 0.15) is 18.5 Å². The maximum Gasteiger partial charge on any atom is 0.258 e. The quantitative estimate of drug-likeness (QED) is 0.724. The summed E-state index contributed by atoms with van der Waals surface area (Å²) in [5.41, 5.74) is 2.38. The fourth-order valence-electron chi connectivity index (χ4n) is 2.85. The lowest BCUT2D eigenvalue weighted by molar-refractivity contribution is 0.0707. The molecule has 25 heavy (non-hydrogen) atoms. The van der Waals surface area contributed by atoms with Crippen LogP contribution < -0.4 is 10.1 Å². The summed E-state index contributed by atoms with van der Waals surface area (Å²) in [4.78, 5) is 14.6. The lowest BCUT2D eigenvalue weighted by Gasteiger charge is -2.38. The Hall–Kier alpha value is -2.31. The Kier molecular flexibility index (Phi) is 5.40. The van der Waals surface area contributed by atoms with Crippen LogP contribution >= 0.6 is 15.9 Å². The first-order valence-corrected chi connectivity index (χ1v) is 8.75. The third kappa shape index (κ3) is 3.55. The molecule has 1 aliphatic heterocycles. The summed E-state index contributed by atoms with van der Waals surface area (Å²) in [5, 5.41) is 12.3. The van der Waals surface area contributed by atoms with Gasteiger partial charge in [0.25, 0.3) is 5.91 Å². The molecule has 2 N–H and O–H groups in total. The number of nitrogens with one attached hydrogen (secondary N) is 1. The van der Waals surface area contributed by atoms with Crippen LogP contribution in [-0.4, -0.2) is 35.7 Å². The van der Waals surface area contributed by atoms with Crippen LogP contribution in [0.4, 0.5) is 5.69 Å². The van der Waals surface area contributed by atoms with Crippen molar-refractivity contribution in [2.24, 2.45) is 0 Å². The molecule has 0 spiro atoms. The zero-order valence-corrected chi connectivity index (χ0v) is 15.2. The number of anilines is 1. The SMILES string of the molecule is C=CCN1C(=O)c2ccccc2N[C@@H]1c1ccc(OCCO)cc1Br. The lowest BCUT2D eigenvalue weighted by atomic mass is 10.0. The number of para-hydroxylation sites is 1. The van der Waals surface area contributed by atoms with Crippen molar-refractivity contribution >= 4 is 27.5 Å². The topological polar surface area (TPSA) is 61.8 Å². The molecule has 0 aliphatic carbocycles. The van der Waals surface area contributed by atoms with E-state index in [1.807, 2.05) is 42.5 Å². The predicted molar refractivity (Wildman–Crippen MR) is 101 cm³/mol. The van der Waals surface area contributed by atoms with E-state index in [1.165, 1.54) is 0 Å². The van der Waals surface area contributed by atoms with E-state index in [1.54, 1.807) is 11.0 Å². The Balaban J connectivity index is 1.97. The largest absolute Gasteiger partial charge is 0.491 e. The molecule has 0 bridgehead atoms. The second-order valence-corrected chi connectivity index (χ2v) is 6.45. The molecule has 1 atom stereocenters. The summed E-state index contributed by atoms with van der Waals surface area (Å²) in [7, 11) is 0. The molecule has 0 saturated carbocycles. The molecule has 130 valence electrons. The van der Waals surface area contributed by atoms with Gasteiger partial charge in [-0.2, -0.15) is 0 Å². The summed E-state index contributed by atoms with van der Waals surface area (Å²) >= 11 is 3.57. The molecule has 0 radical (unpaired) electrons. The number of halogens is 1. The lowest BCUT2D eigenvalue weighted by Crippen LogP contribution is -2.43.